The van der Waals surface area contributed by atoms with Crippen molar-refractivity contribution < 1.29 is 29.0 Å². The summed E-state index contributed by atoms with van der Waals surface area (Å²) in [7, 11) is 0. The molecule has 0 bridgehead atoms. The zero-order chi connectivity index (χ0) is 31.2. The molecule has 1 N–H and O–H groups in total. The van der Waals surface area contributed by atoms with Crippen LogP contribution in [0, 0.1) is 18.8 Å². The van der Waals surface area contributed by atoms with Gasteiger partial charge < -0.3 is 29.3 Å². The quantitative estimate of drug-likeness (QED) is 0.443. The Morgan fingerprint density at radius 1 is 0.955 bits per heavy atom. The number of fused-ring (bicyclic) bond motifs is 2. The van der Waals surface area contributed by atoms with Crippen LogP contribution in [0.1, 0.15) is 32.3 Å². The fraction of sp³-hybridized carbons (Fsp3) is 0.441. The van der Waals surface area contributed by atoms with E-state index in [4.69, 9.17) is 21.1 Å². The number of hydrogen-bond acceptors (Lipinski definition) is 6. The zero-order valence-electron chi connectivity index (χ0n) is 25.2. The second-order valence-electron chi connectivity index (χ2n) is 11.8. The first-order chi connectivity index (χ1) is 21.2. The standard InChI is InChI=1S/C34H38ClN3O6/c1-4-33-16-7-18-36(23-12-14-24(15-13-23)43-5-2)30(40)26(33)27-31(41)38(20-9-21-39)29-32(42)37(19-8-17-34(27,29)44-33)28-22(3)10-6-11-25(28)35/h6-8,10-17,26-27,29,39H,4-5,9,18-21H2,1-3H3/t26-,27+,29?,33+,34+/m1/s1. The molecule has 0 saturated carbocycles. The predicted molar refractivity (Wildman–Crippen MR) is 168 cm³/mol. The van der Waals surface area contributed by atoms with Crippen LogP contribution >= 0.6 is 11.6 Å². The van der Waals surface area contributed by atoms with E-state index in [2.05, 4.69) is 0 Å². The van der Waals surface area contributed by atoms with Crippen molar-refractivity contribution in [3.05, 3.63) is 77.4 Å². The van der Waals surface area contributed by atoms with Gasteiger partial charge in [-0.2, -0.15) is 0 Å². The molecule has 4 heterocycles. The third kappa shape index (κ3) is 4.55. The first-order valence-corrected chi connectivity index (χ1v) is 15.7. The molecule has 1 spiro atoms. The predicted octanol–water partition coefficient (Wildman–Crippen LogP) is 4.30. The summed E-state index contributed by atoms with van der Waals surface area (Å²) in [5.74, 6) is -2.01. The summed E-state index contributed by atoms with van der Waals surface area (Å²) in [6, 6.07) is 11.7. The number of hydrogen-bond donors (Lipinski definition) is 1. The number of amides is 3. The molecule has 2 fully saturated rings. The number of ether oxygens (including phenoxy) is 2. The van der Waals surface area contributed by atoms with Gasteiger partial charge in [-0.3, -0.25) is 14.4 Å². The van der Waals surface area contributed by atoms with Crippen LogP contribution in [-0.4, -0.2) is 77.8 Å². The lowest BCUT2D eigenvalue weighted by molar-refractivity contribution is -0.145. The maximum Gasteiger partial charge on any atom is 0.253 e. The summed E-state index contributed by atoms with van der Waals surface area (Å²) in [5, 5.41) is 10.1. The number of rotatable bonds is 8. The second kappa shape index (κ2) is 11.7. The molecule has 2 saturated heterocycles. The zero-order valence-corrected chi connectivity index (χ0v) is 26.0. The van der Waals surface area contributed by atoms with Crippen LogP contribution in [0.2, 0.25) is 5.02 Å². The van der Waals surface area contributed by atoms with Gasteiger partial charge in [-0.15, -0.1) is 0 Å². The van der Waals surface area contributed by atoms with Crippen LogP contribution < -0.4 is 14.5 Å². The minimum absolute atomic E-state index is 0.148. The molecule has 4 aliphatic heterocycles. The minimum Gasteiger partial charge on any atom is -0.494 e. The van der Waals surface area contributed by atoms with Crippen molar-refractivity contribution in [2.24, 2.45) is 11.8 Å². The van der Waals surface area contributed by atoms with Gasteiger partial charge in [0.15, 0.2) is 0 Å². The van der Waals surface area contributed by atoms with Crippen LogP contribution in [0.5, 0.6) is 5.75 Å². The Hall–Kier alpha value is -3.66. The van der Waals surface area contributed by atoms with E-state index in [1.54, 1.807) is 15.9 Å². The Morgan fingerprint density at radius 3 is 2.36 bits per heavy atom. The number of benzene rings is 2. The van der Waals surface area contributed by atoms with E-state index in [0.717, 1.165) is 5.56 Å². The fourth-order valence-corrected chi connectivity index (χ4v) is 7.85. The molecule has 6 rings (SSSR count). The summed E-state index contributed by atoms with van der Waals surface area (Å²) in [6.07, 6.45) is 8.23. The summed E-state index contributed by atoms with van der Waals surface area (Å²) in [6.45, 7) is 6.81. The number of halogens is 1. The average molecular weight is 620 g/mol. The molecule has 0 aliphatic carbocycles. The number of para-hydroxylation sites is 1. The van der Waals surface area contributed by atoms with E-state index in [0.29, 0.717) is 41.7 Å². The minimum atomic E-state index is -1.39. The van der Waals surface area contributed by atoms with Crippen molar-refractivity contribution in [2.45, 2.75) is 50.9 Å². The topological polar surface area (TPSA) is 99.6 Å². The molecule has 4 aliphatic rings. The highest BCUT2D eigenvalue weighted by Crippen LogP contribution is 2.59. The summed E-state index contributed by atoms with van der Waals surface area (Å²) >= 11 is 6.64. The monoisotopic (exact) mass is 619 g/mol. The van der Waals surface area contributed by atoms with Gasteiger partial charge in [0.25, 0.3) is 5.91 Å². The van der Waals surface area contributed by atoms with E-state index in [1.165, 1.54) is 4.90 Å². The molecule has 0 aromatic heterocycles. The lowest BCUT2D eigenvalue weighted by Gasteiger charge is -2.38. The van der Waals surface area contributed by atoms with Gasteiger partial charge in [-0.05, 0) is 62.6 Å². The lowest BCUT2D eigenvalue weighted by atomic mass is 9.73. The Labute approximate surface area is 262 Å². The normalized spacial score (nSPS) is 29.4. The number of aryl methyl sites for hydroxylation is 1. The highest BCUT2D eigenvalue weighted by molar-refractivity contribution is 6.34. The molecule has 44 heavy (non-hydrogen) atoms. The Bertz CT molecular complexity index is 1510. The Kier molecular flexibility index (Phi) is 8.07. The third-order valence-electron chi connectivity index (χ3n) is 9.41. The number of carbonyl (C=O) groups excluding carboxylic acids is 3. The maximum absolute atomic E-state index is 14.7. The molecule has 0 radical (unpaired) electrons. The smallest absolute Gasteiger partial charge is 0.253 e. The van der Waals surface area contributed by atoms with Crippen molar-refractivity contribution >= 4 is 40.7 Å². The number of anilines is 2. The van der Waals surface area contributed by atoms with E-state index in [9.17, 15) is 19.5 Å². The molecule has 3 amide bonds. The third-order valence-corrected chi connectivity index (χ3v) is 9.72. The fourth-order valence-electron chi connectivity index (χ4n) is 7.53. The Morgan fingerprint density at radius 2 is 1.68 bits per heavy atom. The first kappa shape index (κ1) is 30.4. The van der Waals surface area contributed by atoms with E-state index >= 15 is 0 Å². The van der Waals surface area contributed by atoms with Crippen LogP contribution in [0.15, 0.2) is 66.8 Å². The van der Waals surface area contributed by atoms with E-state index in [1.807, 2.05) is 81.5 Å². The molecule has 5 atom stereocenters. The SMILES string of the molecule is CCOc1ccc(N2CC=C[C@]3(CC)O[C@]45C=CCN(c6c(C)cccc6Cl)C(=O)C4N(CCCO)C(=O)[C@@H]5[C@@H]3C2=O)cc1. The molecule has 2 aromatic rings. The van der Waals surface area contributed by atoms with Gasteiger partial charge in [-0.1, -0.05) is 55.0 Å². The van der Waals surface area contributed by atoms with Crippen molar-refractivity contribution in [3.8, 4) is 5.75 Å². The second-order valence-corrected chi connectivity index (χ2v) is 12.2. The molecule has 1 unspecified atom stereocenters. The highest BCUT2D eigenvalue weighted by Gasteiger charge is 2.75. The maximum atomic E-state index is 14.7. The highest BCUT2D eigenvalue weighted by atomic mass is 35.5. The van der Waals surface area contributed by atoms with Crippen molar-refractivity contribution in [3.63, 3.8) is 0 Å². The summed E-state index contributed by atoms with van der Waals surface area (Å²) in [5.41, 5.74) is -0.406. The lowest BCUT2D eigenvalue weighted by Crippen LogP contribution is -2.56. The summed E-state index contributed by atoms with van der Waals surface area (Å²) in [4.78, 5) is 48.7. The average Bonchev–Trinajstić information content (AvgIpc) is 3.30. The largest absolute Gasteiger partial charge is 0.494 e. The van der Waals surface area contributed by atoms with E-state index < -0.39 is 29.1 Å². The molecule has 232 valence electrons. The number of aliphatic hydroxyl groups excluding tert-OH is 1. The number of nitrogens with zero attached hydrogens (tertiary/aromatic N) is 3. The first-order valence-electron chi connectivity index (χ1n) is 15.3. The van der Waals surface area contributed by atoms with Crippen LogP contribution in [0.4, 0.5) is 11.4 Å². The van der Waals surface area contributed by atoms with Gasteiger partial charge in [-0.25, -0.2) is 0 Å². The van der Waals surface area contributed by atoms with Gasteiger partial charge >= 0.3 is 0 Å². The number of aliphatic hydroxyl groups is 1. The molecule has 2 aromatic carbocycles. The molecule has 9 nitrogen and oxygen atoms in total. The van der Waals surface area contributed by atoms with Gasteiger partial charge in [0, 0.05) is 31.9 Å². The summed E-state index contributed by atoms with van der Waals surface area (Å²) < 4.78 is 12.6. The van der Waals surface area contributed by atoms with Gasteiger partial charge in [0.05, 0.1) is 34.8 Å². The number of carbonyl (C=O) groups is 3. The van der Waals surface area contributed by atoms with Crippen molar-refractivity contribution in [1.29, 1.82) is 0 Å². The van der Waals surface area contributed by atoms with Crippen molar-refractivity contribution in [2.75, 3.05) is 42.6 Å². The van der Waals surface area contributed by atoms with Gasteiger partial charge in [0.1, 0.15) is 17.4 Å². The Balaban J connectivity index is 1.46. The van der Waals surface area contributed by atoms with E-state index in [-0.39, 0.29) is 43.8 Å². The molecular weight excluding hydrogens is 582 g/mol. The van der Waals surface area contributed by atoms with Crippen LogP contribution in [0.25, 0.3) is 0 Å². The van der Waals surface area contributed by atoms with Crippen LogP contribution in [0.3, 0.4) is 0 Å². The molecular formula is C34H38ClN3O6. The molecule has 10 heteroatoms. The van der Waals surface area contributed by atoms with Crippen LogP contribution in [-0.2, 0) is 19.1 Å². The van der Waals surface area contributed by atoms with Crippen molar-refractivity contribution in [1.82, 2.24) is 4.90 Å². The van der Waals surface area contributed by atoms with Gasteiger partial charge in [0.2, 0.25) is 11.8 Å². The number of likely N-dealkylation sites (tertiary alicyclic amines) is 1.